The van der Waals surface area contributed by atoms with Gasteiger partial charge >= 0.3 is 0 Å². The number of ether oxygens (including phenoxy) is 2. The molecule has 2 saturated heterocycles. The lowest BCUT2D eigenvalue weighted by molar-refractivity contribution is 0.0749. The molecule has 0 amide bonds. The molecule has 0 bridgehead atoms. The lowest BCUT2D eigenvalue weighted by Crippen LogP contribution is -2.36. The van der Waals surface area contributed by atoms with Gasteiger partial charge in [-0.3, -0.25) is 0 Å². The molecule has 4 heterocycles. The number of imidazole rings is 1. The lowest BCUT2D eigenvalue weighted by Gasteiger charge is -2.29. The molecule has 1 atom stereocenters. The molecule has 3 aliphatic rings. The SMILES string of the molecule is N#CC1CC(c2ncnc3nc(-c4ccc(N5CCOCC5)c(F)c4)[nH]c23)=CC=C1OC1CCNCC1. The van der Waals surface area contributed by atoms with Crippen LogP contribution in [-0.4, -0.2) is 65.4 Å². The largest absolute Gasteiger partial charge is 0.493 e. The van der Waals surface area contributed by atoms with Gasteiger partial charge in [0.25, 0.3) is 0 Å². The Balaban J connectivity index is 1.28. The molecule has 2 N–H and O–H groups in total. The van der Waals surface area contributed by atoms with Crippen LogP contribution in [0.15, 0.2) is 42.4 Å². The normalized spacial score (nSPS) is 20.9. The summed E-state index contributed by atoms with van der Waals surface area (Å²) >= 11 is 0. The Morgan fingerprint density at radius 2 is 1.97 bits per heavy atom. The van der Waals surface area contributed by atoms with Crippen molar-refractivity contribution in [2.24, 2.45) is 5.92 Å². The van der Waals surface area contributed by atoms with Crippen molar-refractivity contribution < 1.29 is 13.9 Å². The van der Waals surface area contributed by atoms with E-state index in [0.717, 1.165) is 31.5 Å². The fourth-order valence-corrected chi connectivity index (χ4v) is 5.12. The third kappa shape index (κ3) is 4.80. The molecule has 2 aromatic heterocycles. The number of hydrogen-bond acceptors (Lipinski definition) is 8. The number of anilines is 1. The smallest absolute Gasteiger partial charge is 0.181 e. The van der Waals surface area contributed by atoms with E-state index in [1.165, 1.54) is 12.4 Å². The van der Waals surface area contributed by atoms with Crippen LogP contribution in [0.2, 0.25) is 0 Å². The van der Waals surface area contributed by atoms with Crippen molar-refractivity contribution in [3.05, 3.63) is 53.9 Å². The minimum atomic E-state index is -0.385. The van der Waals surface area contributed by atoms with E-state index in [-0.39, 0.29) is 17.8 Å². The first-order chi connectivity index (χ1) is 18.2. The van der Waals surface area contributed by atoms with Gasteiger partial charge in [-0.05, 0) is 62.2 Å². The number of morpholine rings is 1. The van der Waals surface area contributed by atoms with Crippen LogP contribution in [0.1, 0.15) is 25.0 Å². The van der Waals surface area contributed by atoms with Crippen LogP contribution in [0.4, 0.5) is 10.1 Å². The van der Waals surface area contributed by atoms with E-state index in [1.54, 1.807) is 6.07 Å². The minimum absolute atomic E-state index is 0.134. The van der Waals surface area contributed by atoms with Gasteiger partial charge in [0.1, 0.15) is 41.3 Å². The predicted molar refractivity (Wildman–Crippen MR) is 137 cm³/mol. The van der Waals surface area contributed by atoms with Crippen LogP contribution >= 0.6 is 0 Å². The molecular formula is C27H28FN7O2. The highest BCUT2D eigenvalue weighted by atomic mass is 19.1. The maximum Gasteiger partial charge on any atom is 0.181 e. The summed E-state index contributed by atoms with van der Waals surface area (Å²) in [5, 5.41) is 13.2. The molecule has 1 aromatic carbocycles. The van der Waals surface area contributed by atoms with Crippen LogP contribution in [0.25, 0.3) is 28.1 Å². The molecule has 2 aliphatic heterocycles. The Morgan fingerprint density at radius 1 is 1.14 bits per heavy atom. The number of benzene rings is 1. The summed E-state index contributed by atoms with van der Waals surface area (Å²) in [5.41, 5.74) is 3.94. The van der Waals surface area contributed by atoms with Crippen molar-refractivity contribution in [3.8, 4) is 17.5 Å². The number of allylic oxidation sites excluding steroid dienone is 4. The third-order valence-corrected chi connectivity index (χ3v) is 7.13. The van der Waals surface area contributed by atoms with E-state index in [2.05, 4.69) is 31.3 Å². The molecule has 0 saturated carbocycles. The van der Waals surface area contributed by atoms with Gasteiger partial charge in [0, 0.05) is 18.7 Å². The van der Waals surface area contributed by atoms with Crippen molar-refractivity contribution in [2.45, 2.75) is 25.4 Å². The number of nitriles is 1. The number of hydrogen-bond donors (Lipinski definition) is 2. The highest BCUT2D eigenvalue weighted by molar-refractivity contribution is 5.87. The molecule has 0 radical (unpaired) electrons. The van der Waals surface area contributed by atoms with E-state index >= 15 is 4.39 Å². The second-order valence-electron chi connectivity index (χ2n) is 9.49. The van der Waals surface area contributed by atoms with E-state index in [1.807, 2.05) is 23.1 Å². The first kappa shape index (κ1) is 23.6. The number of fused-ring (bicyclic) bond motifs is 1. The van der Waals surface area contributed by atoms with E-state index < -0.39 is 0 Å². The summed E-state index contributed by atoms with van der Waals surface area (Å²) < 4.78 is 26.6. The minimum Gasteiger partial charge on any atom is -0.493 e. The zero-order chi connectivity index (χ0) is 25.2. The number of nitrogens with one attached hydrogen (secondary N) is 2. The average molecular weight is 502 g/mol. The molecule has 3 aromatic rings. The van der Waals surface area contributed by atoms with Gasteiger partial charge in [0.05, 0.1) is 30.7 Å². The fourth-order valence-electron chi connectivity index (χ4n) is 5.12. The molecule has 37 heavy (non-hydrogen) atoms. The fraction of sp³-hybridized carbons (Fsp3) is 0.407. The Kier molecular flexibility index (Phi) is 6.55. The Labute approximate surface area is 214 Å². The van der Waals surface area contributed by atoms with Crippen molar-refractivity contribution >= 4 is 22.4 Å². The van der Waals surface area contributed by atoms with E-state index in [4.69, 9.17) is 9.47 Å². The molecule has 190 valence electrons. The van der Waals surface area contributed by atoms with Crippen LogP contribution in [0.3, 0.4) is 0 Å². The van der Waals surface area contributed by atoms with E-state index in [0.29, 0.717) is 72.4 Å². The van der Waals surface area contributed by atoms with Crippen molar-refractivity contribution in [1.82, 2.24) is 25.3 Å². The Bertz CT molecular complexity index is 1400. The van der Waals surface area contributed by atoms with Crippen molar-refractivity contribution in [1.29, 1.82) is 5.26 Å². The highest BCUT2D eigenvalue weighted by Crippen LogP contribution is 2.35. The van der Waals surface area contributed by atoms with Gasteiger partial charge in [0.2, 0.25) is 0 Å². The number of aromatic nitrogens is 4. The molecule has 0 spiro atoms. The highest BCUT2D eigenvalue weighted by Gasteiger charge is 2.27. The third-order valence-electron chi connectivity index (χ3n) is 7.13. The Morgan fingerprint density at radius 3 is 2.76 bits per heavy atom. The predicted octanol–water partition coefficient (Wildman–Crippen LogP) is 3.57. The van der Waals surface area contributed by atoms with E-state index in [9.17, 15) is 5.26 Å². The first-order valence-electron chi connectivity index (χ1n) is 12.7. The van der Waals surface area contributed by atoms with Gasteiger partial charge in [-0.15, -0.1) is 0 Å². The number of piperidine rings is 1. The number of H-pyrrole nitrogens is 1. The zero-order valence-electron chi connectivity index (χ0n) is 20.4. The number of nitrogens with zero attached hydrogens (tertiary/aromatic N) is 5. The monoisotopic (exact) mass is 501 g/mol. The molecule has 6 rings (SSSR count). The Hall–Kier alpha value is -3.81. The molecule has 2 fully saturated rings. The maximum absolute atomic E-state index is 15.0. The van der Waals surface area contributed by atoms with Gasteiger partial charge in [-0.2, -0.15) is 5.26 Å². The molecular weight excluding hydrogens is 473 g/mol. The summed E-state index contributed by atoms with van der Waals surface area (Å²) in [4.78, 5) is 18.7. The summed E-state index contributed by atoms with van der Waals surface area (Å²) in [7, 11) is 0. The number of rotatable bonds is 5. The first-order valence-corrected chi connectivity index (χ1v) is 12.7. The van der Waals surface area contributed by atoms with Gasteiger partial charge < -0.3 is 24.7 Å². The van der Waals surface area contributed by atoms with Crippen LogP contribution in [0.5, 0.6) is 0 Å². The zero-order valence-corrected chi connectivity index (χ0v) is 20.4. The number of halogens is 1. The summed E-state index contributed by atoms with van der Waals surface area (Å²) in [5.74, 6) is 0.543. The second kappa shape index (κ2) is 10.3. The van der Waals surface area contributed by atoms with Gasteiger partial charge in [0.15, 0.2) is 5.65 Å². The van der Waals surface area contributed by atoms with Crippen LogP contribution in [0, 0.1) is 23.1 Å². The van der Waals surface area contributed by atoms with Crippen LogP contribution < -0.4 is 10.2 Å². The molecule has 1 aliphatic carbocycles. The van der Waals surface area contributed by atoms with Gasteiger partial charge in [-0.25, -0.2) is 19.3 Å². The molecule has 10 heteroatoms. The molecule has 9 nitrogen and oxygen atoms in total. The topological polar surface area (TPSA) is 112 Å². The summed E-state index contributed by atoms with van der Waals surface area (Å²) in [6.45, 7) is 4.37. The quantitative estimate of drug-likeness (QED) is 0.546. The van der Waals surface area contributed by atoms with Crippen molar-refractivity contribution in [2.75, 3.05) is 44.3 Å². The lowest BCUT2D eigenvalue weighted by atomic mass is 9.91. The maximum atomic E-state index is 15.0. The standard InChI is InChI=1S/C27H28FN7O2/c28-21-14-18(1-3-22(21)35-9-11-36-12-10-35)26-33-25-24(31-16-32-27(25)34-26)17-2-4-23(19(13-17)15-29)37-20-5-7-30-8-6-20/h1-4,14,16,19-20,30H,5-13H2,(H,31,32,33,34). The second-order valence-corrected chi connectivity index (χ2v) is 9.49. The molecule has 1 unspecified atom stereocenters. The number of aromatic amines is 1. The van der Waals surface area contributed by atoms with Crippen LogP contribution in [-0.2, 0) is 9.47 Å². The van der Waals surface area contributed by atoms with Crippen molar-refractivity contribution in [3.63, 3.8) is 0 Å². The average Bonchev–Trinajstić information content (AvgIpc) is 3.39. The summed E-state index contributed by atoms with van der Waals surface area (Å²) in [6, 6.07) is 7.52. The van der Waals surface area contributed by atoms with Gasteiger partial charge in [-0.1, -0.05) is 6.08 Å². The summed E-state index contributed by atoms with van der Waals surface area (Å²) in [6.07, 6.45) is 7.80.